The highest BCUT2D eigenvalue weighted by molar-refractivity contribution is 6.16. The Morgan fingerprint density at radius 1 is 0.912 bits per heavy atom. The summed E-state index contributed by atoms with van der Waals surface area (Å²) in [6.45, 7) is 4.31. The molecule has 6 nitrogen and oxygen atoms in total. The van der Waals surface area contributed by atoms with E-state index >= 15 is 0 Å². The van der Waals surface area contributed by atoms with Gasteiger partial charge >= 0.3 is 5.97 Å². The number of nitrogens with zero attached hydrogens (tertiary/aromatic N) is 1. The Labute approximate surface area is 200 Å². The Bertz CT molecular complexity index is 1170. The summed E-state index contributed by atoms with van der Waals surface area (Å²) >= 11 is 0. The molecule has 0 bridgehead atoms. The fourth-order valence-corrected chi connectivity index (χ4v) is 3.40. The van der Waals surface area contributed by atoms with Crippen LogP contribution in [-0.4, -0.2) is 25.9 Å². The number of oxime groups is 1. The number of carbonyl (C=O) groups excluding carboxylic acids is 1. The maximum atomic E-state index is 12.2. The molecule has 6 heteroatoms. The minimum Gasteiger partial charge on any atom is -0.493 e. The number of esters is 1. The normalized spacial score (nSPS) is 11.6. The van der Waals surface area contributed by atoms with E-state index in [2.05, 4.69) is 5.16 Å². The SMILES string of the molecule is CC=C(C(=O)OC)c1ccccc1COc1cc(/C(C)=N\OCc2ccccc2)ccc1OC. The van der Waals surface area contributed by atoms with Crippen molar-refractivity contribution >= 4 is 17.3 Å². The summed E-state index contributed by atoms with van der Waals surface area (Å²) in [4.78, 5) is 17.7. The van der Waals surface area contributed by atoms with Crippen molar-refractivity contribution in [2.24, 2.45) is 5.16 Å². The van der Waals surface area contributed by atoms with Gasteiger partial charge in [0.05, 0.1) is 25.5 Å². The summed E-state index contributed by atoms with van der Waals surface area (Å²) in [5.74, 6) is 0.767. The van der Waals surface area contributed by atoms with Gasteiger partial charge in [-0.25, -0.2) is 4.79 Å². The van der Waals surface area contributed by atoms with Crippen LogP contribution in [0.2, 0.25) is 0 Å². The molecule has 0 amide bonds. The molecule has 34 heavy (non-hydrogen) atoms. The van der Waals surface area contributed by atoms with Crippen LogP contribution in [0.15, 0.2) is 84.0 Å². The van der Waals surface area contributed by atoms with Crippen molar-refractivity contribution in [3.05, 3.63) is 101 Å². The second kappa shape index (κ2) is 12.3. The van der Waals surface area contributed by atoms with Crippen LogP contribution in [0.3, 0.4) is 0 Å². The third-order valence-corrected chi connectivity index (χ3v) is 5.24. The lowest BCUT2D eigenvalue weighted by Gasteiger charge is -2.15. The second-order valence-corrected chi connectivity index (χ2v) is 7.44. The van der Waals surface area contributed by atoms with Gasteiger partial charge in [0, 0.05) is 5.56 Å². The molecule has 0 aliphatic rings. The van der Waals surface area contributed by atoms with Gasteiger partial charge in [0.2, 0.25) is 0 Å². The van der Waals surface area contributed by atoms with Gasteiger partial charge in [-0.3, -0.25) is 0 Å². The van der Waals surface area contributed by atoms with Crippen LogP contribution in [0.4, 0.5) is 0 Å². The molecule has 0 N–H and O–H groups in total. The number of ether oxygens (including phenoxy) is 3. The van der Waals surface area contributed by atoms with Crippen molar-refractivity contribution in [3.63, 3.8) is 0 Å². The molecule has 0 fully saturated rings. The quantitative estimate of drug-likeness (QED) is 0.166. The van der Waals surface area contributed by atoms with E-state index in [1.807, 2.05) is 79.7 Å². The molecule has 0 saturated carbocycles. The van der Waals surface area contributed by atoms with Gasteiger partial charge < -0.3 is 19.0 Å². The highest BCUT2D eigenvalue weighted by Gasteiger charge is 2.16. The van der Waals surface area contributed by atoms with Gasteiger partial charge in [-0.15, -0.1) is 0 Å². The average molecular weight is 460 g/mol. The Balaban J connectivity index is 1.77. The third kappa shape index (κ3) is 6.25. The van der Waals surface area contributed by atoms with E-state index < -0.39 is 5.97 Å². The van der Waals surface area contributed by atoms with Crippen LogP contribution in [0, 0.1) is 0 Å². The molecule has 0 aliphatic carbocycles. The Hall–Kier alpha value is -4.06. The van der Waals surface area contributed by atoms with Gasteiger partial charge in [0.25, 0.3) is 0 Å². The van der Waals surface area contributed by atoms with Gasteiger partial charge in [-0.2, -0.15) is 0 Å². The van der Waals surface area contributed by atoms with Crippen molar-refractivity contribution in [3.8, 4) is 11.5 Å². The lowest BCUT2D eigenvalue weighted by atomic mass is 10.00. The molecule has 3 rings (SSSR count). The maximum Gasteiger partial charge on any atom is 0.338 e. The van der Waals surface area contributed by atoms with E-state index in [1.165, 1.54) is 7.11 Å². The molecule has 3 aromatic rings. The monoisotopic (exact) mass is 459 g/mol. The summed E-state index contributed by atoms with van der Waals surface area (Å²) in [6, 6.07) is 23.0. The molecule has 0 heterocycles. The van der Waals surface area contributed by atoms with Gasteiger partial charge in [-0.05, 0) is 48.7 Å². The third-order valence-electron chi connectivity index (χ3n) is 5.24. The van der Waals surface area contributed by atoms with Crippen molar-refractivity contribution in [1.29, 1.82) is 0 Å². The predicted molar refractivity (Wildman–Crippen MR) is 133 cm³/mol. The first-order valence-electron chi connectivity index (χ1n) is 10.9. The number of allylic oxidation sites excluding steroid dienone is 1. The molecular formula is C28H29NO5. The van der Waals surface area contributed by atoms with Crippen LogP contribution < -0.4 is 9.47 Å². The zero-order valence-electron chi connectivity index (χ0n) is 19.9. The summed E-state index contributed by atoms with van der Waals surface area (Å²) in [6.07, 6.45) is 1.74. The minimum atomic E-state index is -0.392. The predicted octanol–water partition coefficient (Wildman–Crippen LogP) is 5.79. The molecule has 0 aliphatic heterocycles. The van der Waals surface area contributed by atoms with Crippen molar-refractivity contribution < 1.29 is 23.8 Å². The Kier molecular flexibility index (Phi) is 8.86. The van der Waals surface area contributed by atoms with E-state index in [-0.39, 0.29) is 6.61 Å². The van der Waals surface area contributed by atoms with Crippen molar-refractivity contribution in [2.45, 2.75) is 27.1 Å². The number of benzene rings is 3. The van der Waals surface area contributed by atoms with Crippen LogP contribution in [0.1, 0.15) is 36.1 Å². The van der Waals surface area contributed by atoms with Gasteiger partial charge in [0.1, 0.15) is 13.2 Å². The summed E-state index contributed by atoms with van der Waals surface area (Å²) < 4.78 is 16.5. The van der Waals surface area contributed by atoms with Gasteiger partial charge in [-0.1, -0.05) is 65.8 Å². The molecule has 0 radical (unpaired) electrons. The molecule has 176 valence electrons. The number of methoxy groups -OCH3 is 2. The van der Waals surface area contributed by atoms with E-state index in [4.69, 9.17) is 19.0 Å². The number of carbonyl (C=O) groups is 1. The number of rotatable bonds is 10. The lowest BCUT2D eigenvalue weighted by Crippen LogP contribution is -2.08. The molecule has 0 unspecified atom stereocenters. The van der Waals surface area contributed by atoms with E-state index in [9.17, 15) is 4.79 Å². The lowest BCUT2D eigenvalue weighted by molar-refractivity contribution is -0.133. The molecule has 0 atom stereocenters. The second-order valence-electron chi connectivity index (χ2n) is 7.44. The Morgan fingerprint density at radius 2 is 1.65 bits per heavy atom. The highest BCUT2D eigenvalue weighted by Crippen LogP contribution is 2.30. The van der Waals surface area contributed by atoms with Crippen molar-refractivity contribution in [2.75, 3.05) is 14.2 Å². The van der Waals surface area contributed by atoms with Crippen LogP contribution in [0.25, 0.3) is 5.57 Å². The van der Waals surface area contributed by atoms with E-state index in [0.29, 0.717) is 29.4 Å². The summed E-state index contributed by atoms with van der Waals surface area (Å²) in [5.41, 5.74) is 4.71. The average Bonchev–Trinajstić information content (AvgIpc) is 2.88. The fourth-order valence-electron chi connectivity index (χ4n) is 3.40. The number of hydrogen-bond donors (Lipinski definition) is 0. The number of hydrogen-bond acceptors (Lipinski definition) is 6. The van der Waals surface area contributed by atoms with Crippen LogP contribution in [-0.2, 0) is 27.6 Å². The van der Waals surface area contributed by atoms with E-state index in [0.717, 1.165) is 22.3 Å². The maximum absolute atomic E-state index is 12.2. The smallest absolute Gasteiger partial charge is 0.338 e. The Morgan fingerprint density at radius 3 is 2.35 bits per heavy atom. The molecule has 0 aromatic heterocycles. The molecule has 3 aromatic carbocycles. The minimum absolute atomic E-state index is 0.241. The zero-order chi connectivity index (χ0) is 24.3. The highest BCUT2D eigenvalue weighted by atomic mass is 16.6. The fraction of sp³-hybridized carbons (Fsp3) is 0.214. The first-order valence-corrected chi connectivity index (χ1v) is 10.9. The molecule has 0 saturated heterocycles. The molecular weight excluding hydrogens is 430 g/mol. The zero-order valence-corrected chi connectivity index (χ0v) is 19.9. The van der Waals surface area contributed by atoms with Crippen LogP contribution >= 0.6 is 0 Å². The van der Waals surface area contributed by atoms with E-state index in [1.54, 1.807) is 20.1 Å². The summed E-state index contributed by atoms with van der Waals surface area (Å²) in [5, 5.41) is 4.24. The summed E-state index contributed by atoms with van der Waals surface area (Å²) in [7, 11) is 2.96. The van der Waals surface area contributed by atoms with Crippen LogP contribution in [0.5, 0.6) is 11.5 Å². The van der Waals surface area contributed by atoms with Crippen molar-refractivity contribution in [1.82, 2.24) is 0 Å². The van der Waals surface area contributed by atoms with Gasteiger partial charge in [0.15, 0.2) is 11.5 Å². The largest absolute Gasteiger partial charge is 0.493 e. The topological polar surface area (TPSA) is 66.4 Å². The first kappa shape index (κ1) is 24.6. The molecule has 0 spiro atoms. The standard InChI is InChI=1S/C28H29NO5/c1-5-24(28(30)32-4)25-14-10-9-13-23(25)19-33-27-17-22(15-16-26(27)31-3)20(2)29-34-18-21-11-7-6-8-12-21/h5-17H,18-19H2,1-4H3/b24-5?,29-20-. The first-order chi connectivity index (χ1) is 16.6.